The zero-order chi connectivity index (χ0) is 16.8. The summed E-state index contributed by atoms with van der Waals surface area (Å²) in [6, 6.07) is 4.45. The number of piperazine rings is 1. The Balaban J connectivity index is 1.61. The molecule has 3 rings (SSSR count). The molecule has 1 N–H and O–H groups in total. The summed E-state index contributed by atoms with van der Waals surface area (Å²) in [7, 11) is 0. The highest BCUT2D eigenvalue weighted by Crippen LogP contribution is 2.21. The molecular formula is C19H30N4O. The van der Waals surface area contributed by atoms with Crippen molar-refractivity contribution in [3.05, 3.63) is 24.0 Å². The number of carbonyl (C=O) groups is 1. The van der Waals surface area contributed by atoms with Crippen molar-refractivity contribution >= 4 is 11.6 Å². The molecule has 2 aliphatic rings. The fourth-order valence-electron chi connectivity index (χ4n) is 3.73. The van der Waals surface area contributed by atoms with Gasteiger partial charge in [-0.2, -0.15) is 0 Å². The molecule has 1 aliphatic carbocycles. The van der Waals surface area contributed by atoms with Gasteiger partial charge < -0.3 is 15.1 Å². The number of hydrogen-bond donors (Lipinski definition) is 1. The fourth-order valence-corrected chi connectivity index (χ4v) is 3.73. The lowest BCUT2D eigenvalue weighted by Gasteiger charge is -2.33. The van der Waals surface area contributed by atoms with E-state index in [1.807, 2.05) is 17.0 Å². The van der Waals surface area contributed by atoms with Crippen LogP contribution in [0.4, 0.5) is 5.69 Å². The molecule has 1 amide bonds. The molecule has 5 nitrogen and oxygen atoms in total. The molecule has 1 aliphatic heterocycles. The van der Waals surface area contributed by atoms with Crippen molar-refractivity contribution in [3.8, 4) is 0 Å². The third-order valence-corrected chi connectivity index (χ3v) is 5.31. The van der Waals surface area contributed by atoms with Gasteiger partial charge in [0.05, 0.1) is 0 Å². The number of nitrogens with zero attached hydrogens (tertiary/aromatic N) is 3. The quantitative estimate of drug-likeness (QED) is 0.862. The van der Waals surface area contributed by atoms with Gasteiger partial charge in [0.15, 0.2) is 0 Å². The highest BCUT2D eigenvalue weighted by Gasteiger charge is 2.22. The Kier molecular flexibility index (Phi) is 6.07. The maximum absolute atomic E-state index is 12.7. The van der Waals surface area contributed by atoms with Crippen LogP contribution >= 0.6 is 0 Å². The maximum atomic E-state index is 12.7. The summed E-state index contributed by atoms with van der Waals surface area (Å²) in [5.74, 6) is 0.0651. The Morgan fingerprint density at radius 2 is 1.88 bits per heavy atom. The predicted molar refractivity (Wildman–Crippen MR) is 97.4 cm³/mol. The highest BCUT2D eigenvalue weighted by atomic mass is 16.2. The molecule has 0 radical (unpaired) electrons. The summed E-state index contributed by atoms with van der Waals surface area (Å²) >= 11 is 0. The first-order valence-corrected chi connectivity index (χ1v) is 9.50. The molecule has 0 bridgehead atoms. The van der Waals surface area contributed by atoms with Crippen molar-refractivity contribution in [2.45, 2.75) is 51.5 Å². The summed E-state index contributed by atoms with van der Waals surface area (Å²) in [4.78, 5) is 21.3. The fraction of sp³-hybridized carbons (Fsp3) is 0.684. The standard InChI is InChI=1S/C19H30N4O/c1-2-22-11-13-23(14-12-22)19(24)18-15-17(9-10-20-18)21-16-7-5-3-4-6-8-16/h9-10,15-16H,2-8,11-14H2,1H3,(H,20,21). The van der Waals surface area contributed by atoms with E-state index < -0.39 is 0 Å². The topological polar surface area (TPSA) is 48.5 Å². The van der Waals surface area contributed by atoms with Crippen LogP contribution in [0.5, 0.6) is 0 Å². The Labute approximate surface area is 145 Å². The number of rotatable bonds is 4. The summed E-state index contributed by atoms with van der Waals surface area (Å²) in [6.07, 6.45) is 9.51. The van der Waals surface area contributed by atoms with Crippen LogP contribution < -0.4 is 5.32 Å². The van der Waals surface area contributed by atoms with Crippen LogP contribution in [0.2, 0.25) is 0 Å². The van der Waals surface area contributed by atoms with Gasteiger partial charge in [0.25, 0.3) is 5.91 Å². The minimum Gasteiger partial charge on any atom is -0.382 e. The van der Waals surface area contributed by atoms with Crippen molar-refractivity contribution in [1.82, 2.24) is 14.8 Å². The minimum absolute atomic E-state index is 0.0651. The van der Waals surface area contributed by atoms with Gasteiger partial charge in [-0.1, -0.05) is 32.6 Å². The number of nitrogens with one attached hydrogen (secondary N) is 1. The lowest BCUT2D eigenvalue weighted by Crippen LogP contribution is -2.48. The van der Waals surface area contributed by atoms with Crippen LogP contribution in [0.15, 0.2) is 18.3 Å². The van der Waals surface area contributed by atoms with E-state index in [0.29, 0.717) is 11.7 Å². The smallest absolute Gasteiger partial charge is 0.272 e. The van der Waals surface area contributed by atoms with E-state index in [2.05, 4.69) is 22.1 Å². The van der Waals surface area contributed by atoms with Crippen LogP contribution in [0, 0.1) is 0 Å². The second-order valence-electron chi connectivity index (χ2n) is 6.99. The lowest BCUT2D eigenvalue weighted by molar-refractivity contribution is 0.0637. The van der Waals surface area contributed by atoms with Gasteiger partial charge >= 0.3 is 0 Å². The molecule has 132 valence electrons. The van der Waals surface area contributed by atoms with Gasteiger partial charge in [-0.25, -0.2) is 0 Å². The molecule has 2 heterocycles. The monoisotopic (exact) mass is 330 g/mol. The first-order chi connectivity index (χ1) is 11.8. The van der Waals surface area contributed by atoms with E-state index in [9.17, 15) is 4.79 Å². The van der Waals surface area contributed by atoms with Crippen LogP contribution in [-0.4, -0.2) is 59.5 Å². The van der Waals surface area contributed by atoms with Gasteiger partial charge in [0, 0.05) is 44.1 Å². The zero-order valence-corrected chi connectivity index (χ0v) is 14.8. The maximum Gasteiger partial charge on any atom is 0.272 e. The molecule has 2 fully saturated rings. The van der Waals surface area contributed by atoms with E-state index >= 15 is 0 Å². The van der Waals surface area contributed by atoms with Gasteiger partial charge in [-0.3, -0.25) is 9.78 Å². The van der Waals surface area contributed by atoms with Crippen molar-refractivity contribution in [1.29, 1.82) is 0 Å². The van der Waals surface area contributed by atoms with Gasteiger partial charge in [-0.15, -0.1) is 0 Å². The largest absolute Gasteiger partial charge is 0.382 e. The van der Waals surface area contributed by atoms with Crippen molar-refractivity contribution in [3.63, 3.8) is 0 Å². The van der Waals surface area contributed by atoms with Crippen molar-refractivity contribution in [2.24, 2.45) is 0 Å². The zero-order valence-electron chi connectivity index (χ0n) is 14.8. The third-order valence-electron chi connectivity index (χ3n) is 5.31. The molecule has 24 heavy (non-hydrogen) atoms. The number of carbonyl (C=O) groups excluding carboxylic acids is 1. The average Bonchev–Trinajstić information content (AvgIpc) is 2.90. The third kappa shape index (κ3) is 4.47. The molecule has 1 aromatic rings. The number of anilines is 1. The molecule has 1 saturated carbocycles. The van der Waals surface area contributed by atoms with Crippen LogP contribution in [0.25, 0.3) is 0 Å². The second-order valence-corrected chi connectivity index (χ2v) is 6.99. The molecule has 0 aromatic carbocycles. The normalized spacial score (nSPS) is 20.6. The van der Waals surface area contributed by atoms with E-state index in [1.165, 1.54) is 38.5 Å². The van der Waals surface area contributed by atoms with E-state index in [-0.39, 0.29) is 5.91 Å². The van der Waals surface area contributed by atoms with Crippen molar-refractivity contribution in [2.75, 3.05) is 38.0 Å². The number of hydrogen-bond acceptors (Lipinski definition) is 4. The van der Waals surface area contributed by atoms with E-state index in [1.54, 1.807) is 6.20 Å². The molecule has 0 spiro atoms. The first kappa shape index (κ1) is 17.2. The highest BCUT2D eigenvalue weighted by molar-refractivity contribution is 5.93. The number of aromatic nitrogens is 1. The van der Waals surface area contributed by atoms with E-state index in [4.69, 9.17) is 0 Å². The van der Waals surface area contributed by atoms with Crippen LogP contribution in [0.1, 0.15) is 55.9 Å². The van der Waals surface area contributed by atoms with Crippen LogP contribution in [-0.2, 0) is 0 Å². The molecule has 1 aromatic heterocycles. The Morgan fingerprint density at radius 3 is 2.54 bits per heavy atom. The molecule has 0 unspecified atom stereocenters. The van der Waals surface area contributed by atoms with Crippen LogP contribution in [0.3, 0.4) is 0 Å². The van der Waals surface area contributed by atoms with E-state index in [0.717, 1.165) is 38.4 Å². The first-order valence-electron chi connectivity index (χ1n) is 9.50. The number of pyridine rings is 1. The second kappa shape index (κ2) is 8.47. The Morgan fingerprint density at radius 1 is 1.17 bits per heavy atom. The Hall–Kier alpha value is -1.62. The molecule has 5 heteroatoms. The van der Waals surface area contributed by atoms with Gasteiger partial charge in [-0.05, 0) is 31.5 Å². The lowest BCUT2D eigenvalue weighted by atomic mass is 10.1. The van der Waals surface area contributed by atoms with Gasteiger partial charge in [0.2, 0.25) is 0 Å². The summed E-state index contributed by atoms with van der Waals surface area (Å²) < 4.78 is 0. The average molecular weight is 330 g/mol. The summed E-state index contributed by atoms with van der Waals surface area (Å²) in [6.45, 7) is 6.75. The minimum atomic E-state index is 0.0651. The molecule has 1 saturated heterocycles. The molecular weight excluding hydrogens is 300 g/mol. The number of likely N-dealkylation sites (N-methyl/N-ethyl adjacent to an activating group) is 1. The van der Waals surface area contributed by atoms with Gasteiger partial charge in [0.1, 0.15) is 5.69 Å². The SMILES string of the molecule is CCN1CCN(C(=O)c2cc(NC3CCCCCC3)ccn2)CC1. The Bertz CT molecular complexity index is 532. The van der Waals surface area contributed by atoms with Crippen molar-refractivity contribution < 1.29 is 4.79 Å². The summed E-state index contributed by atoms with van der Waals surface area (Å²) in [5, 5.41) is 3.62. The summed E-state index contributed by atoms with van der Waals surface area (Å²) in [5.41, 5.74) is 1.60. The predicted octanol–water partition coefficient (Wildman–Crippen LogP) is 2.99. The number of amides is 1. The molecule has 0 atom stereocenters.